The fourth-order valence-electron chi connectivity index (χ4n) is 4.57. The van der Waals surface area contributed by atoms with Gasteiger partial charge in [-0.2, -0.15) is 0 Å². The molecule has 1 unspecified atom stereocenters. The molecular weight excluding hydrogens is 404 g/mol. The number of amides is 2. The van der Waals surface area contributed by atoms with Crippen LogP contribution in [-0.2, 0) is 17.6 Å². The highest BCUT2D eigenvalue weighted by Crippen LogP contribution is 2.34. The number of nitrogens with one attached hydrogen (secondary N) is 1. The van der Waals surface area contributed by atoms with Crippen molar-refractivity contribution in [3.63, 3.8) is 0 Å². The van der Waals surface area contributed by atoms with Crippen LogP contribution in [0.5, 0.6) is 0 Å². The molecule has 2 amide bonds. The first-order chi connectivity index (χ1) is 15.1. The fraction of sp³-hybridized carbons (Fsp3) is 0.385. The molecule has 1 aliphatic rings. The average molecular weight is 435 g/mol. The number of thiophene rings is 1. The van der Waals surface area contributed by atoms with Gasteiger partial charge in [-0.25, -0.2) is 0 Å². The summed E-state index contributed by atoms with van der Waals surface area (Å²) in [5.41, 5.74) is 2.31. The lowest BCUT2D eigenvalue weighted by Gasteiger charge is -2.29. The van der Waals surface area contributed by atoms with E-state index >= 15 is 0 Å². The molecule has 162 valence electrons. The Labute approximate surface area is 188 Å². The molecule has 2 heterocycles. The van der Waals surface area contributed by atoms with Crippen molar-refractivity contribution < 1.29 is 9.59 Å². The summed E-state index contributed by atoms with van der Waals surface area (Å²) < 4.78 is 1.13. The first-order valence-electron chi connectivity index (χ1n) is 11.2. The van der Waals surface area contributed by atoms with Crippen LogP contribution in [0, 0.1) is 0 Å². The molecule has 1 fully saturated rings. The zero-order chi connectivity index (χ0) is 21.6. The second-order valence-corrected chi connectivity index (χ2v) is 9.37. The van der Waals surface area contributed by atoms with E-state index < -0.39 is 0 Å². The lowest BCUT2D eigenvalue weighted by atomic mass is 9.98. The number of hydrogen-bond donors (Lipinski definition) is 1. The van der Waals surface area contributed by atoms with E-state index in [0.29, 0.717) is 6.54 Å². The van der Waals surface area contributed by atoms with E-state index in [2.05, 4.69) is 29.6 Å². The van der Waals surface area contributed by atoms with E-state index in [0.717, 1.165) is 65.6 Å². The predicted octanol–water partition coefficient (Wildman–Crippen LogP) is 5.21. The first kappa shape index (κ1) is 21.6. The standard InChI is InChI=1S/C26H30N2O2S/c1-19(29)28-17-9-3-6-12-21(28)18-23-22-13-7-8-14-24(22)31-25(23)26(30)27-16-15-20-10-4-2-5-11-20/h2,4-5,7-8,10-11,13-14,21H,3,6,9,12,15-18H2,1H3,(H,27,30). The Morgan fingerprint density at radius 3 is 2.61 bits per heavy atom. The zero-order valence-corrected chi connectivity index (χ0v) is 18.9. The SMILES string of the molecule is CC(=O)N1CCCCCC1Cc1c(C(=O)NCCc2ccccc2)sc2ccccc12. The van der Waals surface area contributed by atoms with Crippen molar-refractivity contribution in [2.45, 2.75) is 51.5 Å². The maximum absolute atomic E-state index is 13.2. The topological polar surface area (TPSA) is 49.4 Å². The van der Waals surface area contributed by atoms with E-state index in [1.807, 2.05) is 35.2 Å². The second kappa shape index (κ2) is 10.1. The van der Waals surface area contributed by atoms with Crippen molar-refractivity contribution in [2.75, 3.05) is 13.1 Å². The number of fused-ring (bicyclic) bond motifs is 1. The smallest absolute Gasteiger partial charge is 0.261 e. The van der Waals surface area contributed by atoms with Crippen LogP contribution in [0.15, 0.2) is 54.6 Å². The van der Waals surface area contributed by atoms with Gasteiger partial charge in [-0.15, -0.1) is 11.3 Å². The molecule has 1 saturated heterocycles. The van der Waals surface area contributed by atoms with Crippen LogP contribution in [0.4, 0.5) is 0 Å². The lowest BCUT2D eigenvalue weighted by molar-refractivity contribution is -0.131. The van der Waals surface area contributed by atoms with Gasteiger partial charge in [0.25, 0.3) is 5.91 Å². The fourth-order valence-corrected chi connectivity index (χ4v) is 5.72. The van der Waals surface area contributed by atoms with E-state index in [9.17, 15) is 9.59 Å². The summed E-state index contributed by atoms with van der Waals surface area (Å²) in [7, 11) is 0. The highest BCUT2D eigenvalue weighted by molar-refractivity contribution is 7.21. The van der Waals surface area contributed by atoms with Crippen molar-refractivity contribution >= 4 is 33.2 Å². The molecule has 0 saturated carbocycles. The molecule has 2 aromatic carbocycles. The molecule has 1 atom stereocenters. The highest BCUT2D eigenvalue weighted by Gasteiger charge is 2.27. The van der Waals surface area contributed by atoms with Crippen molar-refractivity contribution in [2.24, 2.45) is 0 Å². The van der Waals surface area contributed by atoms with Gasteiger partial charge in [0.05, 0.1) is 4.88 Å². The van der Waals surface area contributed by atoms with Crippen molar-refractivity contribution in [3.05, 3.63) is 70.6 Å². The van der Waals surface area contributed by atoms with Gasteiger partial charge in [-0.05, 0) is 48.3 Å². The normalized spacial score (nSPS) is 16.8. The monoisotopic (exact) mass is 434 g/mol. The van der Waals surface area contributed by atoms with Gasteiger partial charge < -0.3 is 10.2 Å². The third-order valence-corrected chi connectivity index (χ3v) is 7.38. The van der Waals surface area contributed by atoms with Crippen LogP contribution in [0.3, 0.4) is 0 Å². The molecule has 0 radical (unpaired) electrons. The molecule has 4 nitrogen and oxygen atoms in total. The van der Waals surface area contributed by atoms with Gasteiger partial charge in [0, 0.05) is 30.8 Å². The average Bonchev–Trinajstić information content (AvgIpc) is 2.97. The maximum atomic E-state index is 13.2. The summed E-state index contributed by atoms with van der Waals surface area (Å²) in [5, 5.41) is 4.27. The lowest BCUT2D eigenvalue weighted by Crippen LogP contribution is -2.40. The minimum absolute atomic E-state index is 0.00451. The minimum atomic E-state index is -0.00451. The molecule has 1 aromatic heterocycles. The third kappa shape index (κ3) is 5.16. The van der Waals surface area contributed by atoms with Crippen molar-refractivity contribution in [3.8, 4) is 0 Å². The van der Waals surface area contributed by atoms with Gasteiger partial charge in [-0.3, -0.25) is 9.59 Å². The minimum Gasteiger partial charge on any atom is -0.351 e. The molecule has 3 aromatic rings. The number of carbonyl (C=O) groups excluding carboxylic acids is 2. The molecule has 4 rings (SSSR count). The summed E-state index contributed by atoms with van der Waals surface area (Å²) >= 11 is 1.57. The number of rotatable bonds is 6. The molecule has 31 heavy (non-hydrogen) atoms. The Morgan fingerprint density at radius 1 is 1.03 bits per heavy atom. The molecule has 5 heteroatoms. The summed E-state index contributed by atoms with van der Waals surface area (Å²) in [6, 6.07) is 18.6. The second-order valence-electron chi connectivity index (χ2n) is 8.32. The quantitative estimate of drug-likeness (QED) is 0.579. The molecule has 1 N–H and O–H groups in total. The van der Waals surface area contributed by atoms with Crippen LogP contribution in [0.1, 0.15) is 53.4 Å². The van der Waals surface area contributed by atoms with E-state index in [-0.39, 0.29) is 17.9 Å². The highest BCUT2D eigenvalue weighted by atomic mass is 32.1. The molecule has 0 spiro atoms. The number of hydrogen-bond acceptors (Lipinski definition) is 3. The Morgan fingerprint density at radius 2 is 1.81 bits per heavy atom. The Bertz CT molecular complexity index is 1040. The molecule has 0 bridgehead atoms. The molecule has 1 aliphatic heterocycles. The number of carbonyl (C=O) groups is 2. The van der Waals surface area contributed by atoms with Crippen LogP contribution < -0.4 is 5.32 Å². The molecular formula is C26H30N2O2S. The van der Waals surface area contributed by atoms with Crippen molar-refractivity contribution in [1.29, 1.82) is 0 Å². The van der Waals surface area contributed by atoms with Gasteiger partial charge in [0.15, 0.2) is 0 Å². The van der Waals surface area contributed by atoms with Gasteiger partial charge in [0.1, 0.15) is 0 Å². The van der Waals surface area contributed by atoms with Crippen LogP contribution >= 0.6 is 11.3 Å². The van der Waals surface area contributed by atoms with Crippen LogP contribution in [-0.4, -0.2) is 35.8 Å². The maximum Gasteiger partial charge on any atom is 0.261 e. The van der Waals surface area contributed by atoms with Crippen LogP contribution in [0.25, 0.3) is 10.1 Å². The Kier molecular flexibility index (Phi) is 7.03. The van der Waals surface area contributed by atoms with E-state index in [1.54, 1.807) is 18.3 Å². The van der Waals surface area contributed by atoms with Gasteiger partial charge in [0.2, 0.25) is 5.91 Å². The third-order valence-electron chi connectivity index (χ3n) is 6.17. The van der Waals surface area contributed by atoms with Crippen molar-refractivity contribution in [1.82, 2.24) is 10.2 Å². The van der Waals surface area contributed by atoms with Gasteiger partial charge in [-0.1, -0.05) is 61.4 Å². The predicted molar refractivity (Wildman–Crippen MR) is 128 cm³/mol. The van der Waals surface area contributed by atoms with Crippen LogP contribution in [0.2, 0.25) is 0 Å². The summed E-state index contributed by atoms with van der Waals surface area (Å²) in [6.45, 7) is 3.10. The van der Waals surface area contributed by atoms with E-state index in [4.69, 9.17) is 0 Å². The summed E-state index contributed by atoms with van der Waals surface area (Å²) in [4.78, 5) is 28.3. The first-order valence-corrected chi connectivity index (χ1v) is 12.0. The Hall–Kier alpha value is -2.66. The molecule has 0 aliphatic carbocycles. The number of nitrogens with zero attached hydrogens (tertiary/aromatic N) is 1. The summed E-state index contributed by atoms with van der Waals surface area (Å²) in [5.74, 6) is 0.135. The summed E-state index contributed by atoms with van der Waals surface area (Å²) in [6.07, 6.45) is 5.91. The van der Waals surface area contributed by atoms with Gasteiger partial charge >= 0.3 is 0 Å². The largest absolute Gasteiger partial charge is 0.351 e. The Balaban J connectivity index is 1.56. The number of likely N-dealkylation sites (tertiary alicyclic amines) is 1. The van der Waals surface area contributed by atoms with E-state index in [1.165, 1.54) is 5.56 Å². The zero-order valence-electron chi connectivity index (χ0n) is 18.1. The number of benzene rings is 2.